The molecule has 2 N–H and O–H groups in total. The Bertz CT molecular complexity index is 984. The third kappa shape index (κ3) is 2.82. The van der Waals surface area contributed by atoms with Gasteiger partial charge in [-0.1, -0.05) is 33.6 Å². The molecule has 0 unspecified atom stereocenters. The van der Waals surface area contributed by atoms with Crippen LogP contribution in [0, 0.1) is 10.1 Å². The summed E-state index contributed by atoms with van der Waals surface area (Å²) < 4.78 is 2.25. The molecule has 1 heterocycles. The van der Waals surface area contributed by atoms with E-state index in [1.54, 1.807) is 12.3 Å². The number of nitro benzene ring substituents is 1. The van der Waals surface area contributed by atoms with Gasteiger partial charge in [0, 0.05) is 34.2 Å². The monoisotopic (exact) mass is 407 g/mol. The zero-order valence-electron chi connectivity index (χ0n) is 12.2. The maximum atomic E-state index is 12.8. The Morgan fingerprint density at radius 3 is 2.71 bits per heavy atom. The number of benzene rings is 2. The summed E-state index contributed by atoms with van der Waals surface area (Å²) in [4.78, 5) is 23.2. The maximum absolute atomic E-state index is 12.8. The van der Waals surface area contributed by atoms with Crippen LogP contribution in [-0.4, -0.2) is 15.4 Å². The second-order valence-corrected chi connectivity index (χ2v) is 6.44. The average Bonchev–Trinajstić information content (AvgIpc) is 2.92. The Morgan fingerprint density at radius 2 is 2.04 bits per heavy atom. The molecule has 0 radical (unpaired) electrons. The molecule has 3 rings (SSSR count). The van der Waals surface area contributed by atoms with Crippen molar-refractivity contribution in [2.75, 3.05) is 0 Å². The van der Waals surface area contributed by atoms with E-state index in [2.05, 4.69) is 15.9 Å². The molecule has 122 valence electrons. The fourth-order valence-electron chi connectivity index (χ4n) is 2.53. The number of hydrogen-bond acceptors (Lipinski definition) is 4. The zero-order chi connectivity index (χ0) is 17.4. The normalized spacial score (nSPS) is 11.0. The van der Waals surface area contributed by atoms with Gasteiger partial charge in [-0.2, -0.15) is 0 Å². The SMILES string of the molecule is NCc1cn(C(=O)c2ccc(Cl)c([N+](=O)[O-])c2)c2cc(Br)ccc12. The van der Waals surface area contributed by atoms with E-state index in [1.807, 2.05) is 12.1 Å². The number of aromatic nitrogens is 1. The van der Waals surface area contributed by atoms with Crippen molar-refractivity contribution < 1.29 is 9.72 Å². The van der Waals surface area contributed by atoms with Crippen LogP contribution in [-0.2, 0) is 6.54 Å². The van der Waals surface area contributed by atoms with Gasteiger partial charge >= 0.3 is 0 Å². The number of nitrogens with zero attached hydrogens (tertiary/aromatic N) is 2. The van der Waals surface area contributed by atoms with Crippen LogP contribution in [0.1, 0.15) is 15.9 Å². The summed E-state index contributed by atoms with van der Waals surface area (Å²) in [5.41, 5.74) is 7.10. The molecule has 0 spiro atoms. The summed E-state index contributed by atoms with van der Waals surface area (Å²) in [6.45, 7) is 0.277. The standard InChI is InChI=1S/C16H11BrClN3O3/c17-11-2-3-12-10(7-19)8-20(14(12)6-11)16(22)9-1-4-13(18)15(5-9)21(23)24/h1-6,8H,7,19H2. The molecule has 24 heavy (non-hydrogen) atoms. The van der Waals surface area contributed by atoms with E-state index in [1.165, 1.54) is 22.8 Å². The van der Waals surface area contributed by atoms with E-state index in [4.69, 9.17) is 17.3 Å². The Morgan fingerprint density at radius 1 is 1.29 bits per heavy atom. The van der Waals surface area contributed by atoms with Crippen molar-refractivity contribution in [1.82, 2.24) is 4.57 Å². The molecule has 6 nitrogen and oxygen atoms in total. The topological polar surface area (TPSA) is 91.2 Å². The van der Waals surface area contributed by atoms with Crippen LogP contribution in [0.5, 0.6) is 0 Å². The van der Waals surface area contributed by atoms with E-state index in [-0.39, 0.29) is 22.8 Å². The number of nitro groups is 1. The second-order valence-electron chi connectivity index (χ2n) is 5.12. The van der Waals surface area contributed by atoms with Crippen molar-refractivity contribution >= 4 is 50.0 Å². The Labute approximate surface area is 150 Å². The number of hydrogen-bond donors (Lipinski definition) is 1. The van der Waals surface area contributed by atoms with Crippen molar-refractivity contribution in [3.63, 3.8) is 0 Å². The summed E-state index contributed by atoms with van der Waals surface area (Å²) in [7, 11) is 0. The minimum absolute atomic E-state index is 0.0145. The minimum atomic E-state index is -0.616. The predicted molar refractivity (Wildman–Crippen MR) is 95.4 cm³/mol. The van der Waals surface area contributed by atoms with Crippen LogP contribution in [0.4, 0.5) is 5.69 Å². The van der Waals surface area contributed by atoms with Gasteiger partial charge in [0.1, 0.15) is 5.02 Å². The molecule has 0 bridgehead atoms. The fraction of sp³-hybridized carbons (Fsp3) is 0.0625. The van der Waals surface area contributed by atoms with Gasteiger partial charge in [-0.05, 0) is 29.8 Å². The lowest BCUT2D eigenvalue weighted by Gasteiger charge is -2.05. The molecule has 0 saturated carbocycles. The Kier molecular flexibility index (Phi) is 4.40. The van der Waals surface area contributed by atoms with E-state index in [9.17, 15) is 14.9 Å². The predicted octanol–water partition coefficient (Wildman–Crippen LogP) is 4.11. The largest absolute Gasteiger partial charge is 0.326 e. The lowest BCUT2D eigenvalue weighted by Crippen LogP contribution is -2.11. The first-order chi connectivity index (χ1) is 11.4. The van der Waals surface area contributed by atoms with Crippen LogP contribution >= 0.6 is 27.5 Å². The first kappa shape index (κ1) is 16.6. The highest BCUT2D eigenvalue weighted by Gasteiger charge is 2.19. The van der Waals surface area contributed by atoms with Gasteiger partial charge < -0.3 is 5.73 Å². The van der Waals surface area contributed by atoms with E-state index >= 15 is 0 Å². The fourth-order valence-corrected chi connectivity index (χ4v) is 3.06. The van der Waals surface area contributed by atoms with E-state index in [0.29, 0.717) is 5.52 Å². The van der Waals surface area contributed by atoms with Crippen LogP contribution in [0.15, 0.2) is 47.1 Å². The van der Waals surface area contributed by atoms with E-state index in [0.717, 1.165) is 15.4 Å². The van der Waals surface area contributed by atoms with E-state index < -0.39 is 10.8 Å². The smallest absolute Gasteiger partial charge is 0.288 e. The minimum Gasteiger partial charge on any atom is -0.326 e. The molecule has 1 aromatic heterocycles. The molecule has 0 fully saturated rings. The van der Waals surface area contributed by atoms with Crippen LogP contribution in [0.3, 0.4) is 0 Å². The molecule has 0 aliphatic rings. The van der Waals surface area contributed by atoms with Gasteiger partial charge in [0.05, 0.1) is 10.4 Å². The maximum Gasteiger partial charge on any atom is 0.288 e. The number of carbonyl (C=O) groups is 1. The number of carbonyl (C=O) groups excluding carboxylic acids is 1. The first-order valence-electron chi connectivity index (χ1n) is 6.90. The van der Waals surface area contributed by atoms with Gasteiger partial charge in [-0.3, -0.25) is 19.5 Å². The summed E-state index contributed by atoms with van der Waals surface area (Å²) in [6, 6.07) is 9.52. The molecule has 2 aromatic carbocycles. The van der Waals surface area contributed by atoms with Gasteiger partial charge in [0.15, 0.2) is 0 Å². The summed E-state index contributed by atoms with van der Waals surface area (Å²) in [5.74, 6) is -0.391. The highest BCUT2D eigenvalue weighted by molar-refractivity contribution is 9.10. The lowest BCUT2D eigenvalue weighted by molar-refractivity contribution is -0.384. The van der Waals surface area contributed by atoms with Gasteiger partial charge in [0.2, 0.25) is 0 Å². The second kappa shape index (κ2) is 6.35. The third-order valence-electron chi connectivity index (χ3n) is 3.68. The Balaban J connectivity index is 2.17. The molecule has 0 atom stereocenters. The number of rotatable bonds is 3. The van der Waals surface area contributed by atoms with Crippen LogP contribution in [0.25, 0.3) is 10.9 Å². The van der Waals surface area contributed by atoms with Gasteiger partial charge in [0.25, 0.3) is 11.6 Å². The van der Waals surface area contributed by atoms with Crippen molar-refractivity contribution in [2.24, 2.45) is 5.73 Å². The number of nitrogens with two attached hydrogens (primary N) is 1. The molecule has 0 saturated heterocycles. The van der Waals surface area contributed by atoms with Gasteiger partial charge in [-0.15, -0.1) is 0 Å². The van der Waals surface area contributed by atoms with Crippen molar-refractivity contribution in [1.29, 1.82) is 0 Å². The quantitative estimate of drug-likeness (QED) is 0.521. The number of fused-ring (bicyclic) bond motifs is 1. The summed E-state index contributed by atoms with van der Waals surface area (Å²) in [5, 5.41) is 11.9. The average molecular weight is 409 g/mol. The summed E-state index contributed by atoms with van der Waals surface area (Å²) in [6.07, 6.45) is 1.65. The lowest BCUT2D eigenvalue weighted by atomic mass is 10.1. The van der Waals surface area contributed by atoms with Crippen LogP contribution in [0.2, 0.25) is 5.02 Å². The zero-order valence-corrected chi connectivity index (χ0v) is 14.5. The highest BCUT2D eigenvalue weighted by Crippen LogP contribution is 2.28. The van der Waals surface area contributed by atoms with Crippen molar-refractivity contribution in [2.45, 2.75) is 6.54 Å². The third-order valence-corrected chi connectivity index (χ3v) is 4.49. The molecule has 0 aliphatic heterocycles. The Hall–Kier alpha value is -2.22. The van der Waals surface area contributed by atoms with Gasteiger partial charge in [-0.25, -0.2) is 0 Å². The number of halogens is 2. The highest BCUT2D eigenvalue weighted by atomic mass is 79.9. The van der Waals surface area contributed by atoms with Crippen LogP contribution < -0.4 is 5.73 Å². The van der Waals surface area contributed by atoms with Crippen molar-refractivity contribution in [3.8, 4) is 0 Å². The van der Waals surface area contributed by atoms with Crippen molar-refractivity contribution in [3.05, 3.63) is 73.3 Å². The molecular formula is C16H11BrClN3O3. The molecule has 0 aliphatic carbocycles. The first-order valence-corrected chi connectivity index (χ1v) is 8.07. The molecule has 0 amide bonds. The molecule has 8 heteroatoms. The summed E-state index contributed by atoms with van der Waals surface area (Å²) >= 11 is 9.18. The molecule has 3 aromatic rings. The molecular weight excluding hydrogens is 398 g/mol.